The maximum Gasteiger partial charge on any atom is 0.389 e. The first kappa shape index (κ1) is 28.7. The number of hydrogen-bond donors (Lipinski definition) is 2. The number of nitrogens with zero attached hydrogens (tertiary/aromatic N) is 2. The summed E-state index contributed by atoms with van der Waals surface area (Å²) < 4.78 is 39.6. The van der Waals surface area contributed by atoms with Crippen molar-refractivity contribution < 1.29 is 27.9 Å². The normalized spacial score (nSPS) is 16.2. The number of aryl methyl sites for hydroxylation is 1. The summed E-state index contributed by atoms with van der Waals surface area (Å²) in [7, 11) is 0. The van der Waals surface area contributed by atoms with Crippen molar-refractivity contribution in [1.29, 1.82) is 5.26 Å². The number of carbonyl (C=O) groups excluding carboxylic acids is 1. The highest BCUT2D eigenvalue weighted by Crippen LogP contribution is 2.34. The second kappa shape index (κ2) is 12.2. The SMILES string of the molecule is Cc1cc(-c2cccc(C#N)c2)ccc1C(CCC(F)(F)F)Nc1ccc(C(=O)N2CCC[C@@H](C(=O)O)C2)cc1. The summed E-state index contributed by atoms with van der Waals surface area (Å²) in [5.41, 5.74) is 4.71. The number of carboxylic acid groups (broad SMARTS) is 1. The van der Waals surface area contributed by atoms with Crippen LogP contribution < -0.4 is 5.32 Å². The van der Waals surface area contributed by atoms with Crippen molar-refractivity contribution in [2.45, 2.75) is 44.8 Å². The van der Waals surface area contributed by atoms with E-state index in [1.807, 2.05) is 31.2 Å². The van der Waals surface area contributed by atoms with Crippen molar-refractivity contribution in [2.24, 2.45) is 5.92 Å². The zero-order valence-corrected chi connectivity index (χ0v) is 22.0. The third-order valence-corrected chi connectivity index (χ3v) is 7.22. The number of likely N-dealkylation sites (tertiary alicyclic amines) is 1. The molecule has 6 nitrogen and oxygen atoms in total. The second-order valence-corrected chi connectivity index (χ2v) is 10.1. The molecule has 0 saturated carbocycles. The molecule has 0 aliphatic carbocycles. The fourth-order valence-corrected chi connectivity index (χ4v) is 5.08. The molecule has 0 radical (unpaired) electrons. The van der Waals surface area contributed by atoms with Gasteiger partial charge in [0.25, 0.3) is 5.91 Å². The Hall–Kier alpha value is -4.32. The van der Waals surface area contributed by atoms with E-state index in [1.165, 1.54) is 4.90 Å². The minimum Gasteiger partial charge on any atom is -0.481 e. The molecule has 208 valence electrons. The number of nitrogens with one attached hydrogen (secondary N) is 1. The molecule has 40 heavy (non-hydrogen) atoms. The van der Waals surface area contributed by atoms with Crippen LogP contribution in [0.5, 0.6) is 0 Å². The summed E-state index contributed by atoms with van der Waals surface area (Å²) in [6.07, 6.45) is -4.31. The van der Waals surface area contributed by atoms with Gasteiger partial charge in [0.2, 0.25) is 0 Å². The first-order chi connectivity index (χ1) is 19.0. The third kappa shape index (κ3) is 7.20. The number of amides is 1. The Morgan fingerprint density at radius 2 is 1.82 bits per heavy atom. The van der Waals surface area contributed by atoms with Crippen LogP contribution in [0.3, 0.4) is 0 Å². The van der Waals surface area contributed by atoms with Crippen molar-refractivity contribution in [3.05, 3.63) is 89.0 Å². The molecule has 1 amide bonds. The summed E-state index contributed by atoms with van der Waals surface area (Å²) in [6, 6.07) is 20.7. The molecular formula is C31H30F3N3O3. The minimum atomic E-state index is -4.32. The Kier molecular flexibility index (Phi) is 8.78. The number of carboxylic acids is 1. The van der Waals surface area contributed by atoms with Crippen LogP contribution in [0.2, 0.25) is 0 Å². The van der Waals surface area contributed by atoms with Gasteiger partial charge < -0.3 is 15.3 Å². The molecule has 3 aromatic carbocycles. The van der Waals surface area contributed by atoms with E-state index in [2.05, 4.69) is 11.4 Å². The molecule has 0 spiro atoms. The number of nitriles is 1. The van der Waals surface area contributed by atoms with Gasteiger partial charge in [-0.1, -0.05) is 30.3 Å². The smallest absolute Gasteiger partial charge is 0.389 e. The second-order valence-electron chi connectivity index (χ2n) is 10.1. The highest BCUT2D eigenvalue weighted by Gasteiger charge is 2.30. The van der Waals surface area contributed by atoms with Gasteiger partial charge in [-0.05, 0) is 84.8 Å². The molecule has 0 bridgehead atoms. The predicted molar refractivity (Wildman–Crippen MR) is 146 cm³/mol. The van der Waals surface area contributed by atoms with Gasteiger partial charge in [-0.2, -0.15) is 18.4 Å². The quantitative estimate of drug-likeness (QED) is 0.317. The van der Waals surface area contributed by atoms with Crippen LogP contribution in [0, 0.1) is 24.2 Å². The average Bonchev–Trinajstić information content (AvgIpc) is 2.95. The zero-order chi connectivity index (χ0) is 28.9. The molecule has 9 heteroatoms. The highest BCUT2D eigenvalue weighted by molar-refractivity contribution is 5.95. The van der Waals surface area contributed by atoms with Crippen molar-refractivity contribution in [1.82, 2.24) is 4.90 Å². The van der Waals surface area contributed by atoms with Gasteiger partial charge in [0.1, 0.15) is 0 Å². The molecule has 1 saturated heterocycles. The molecule has 1 unspecified atom stereocenters. The van der Waals surface area contributed by atoms with Crippen molar-refractivity contribution in [3.63, 3.8) is 0 Å². The van der Waals surface area contributed by atoms with Crippen LogP contribution in [-0.2, 0) is 4.79 Å². The largest absolute Gasteiger partial charge is 0.481 e. The average molecular weight is 550 g/mol. The van der Waals surface area contributed by atoms with Crippen molar-refractivity contribution >= 4 is 17.6 Å². The number of alkyl halides is 3. The molecule has 1 aliphatic heterocycles. The van der Waals surface area contributed by atoms with Gasteiger partial charge in [0, 0.05) is 30.8 Å². The monoisotopic (exact) mass is 549 g/mol. The van der Waals surface area contributed by atoms with E-state index in [0.29, 0.717) is 36.2 Å². The molecule has 1 fully saturated rings. The van der Waals surface area contributed by atoms with Gasteiger partial charge in [-0.25, -0.2) is 0 Å². The standard InChI is InChI=1S/C31H30F3N3O3/c1-20-16-24(23-5-2-4-21(17-23)18-35)9-12-27(20)28(13-14-31(32,33)34)36-26-10-7-22(8-11-26)29(38)37-15-3-6-25(19-37)30(39)40/h2,4-5,7-12,16-17,25,28,36H,3,6,13-15,19H2,1H3,(H,39,40)/t25-,28?/m1/s1. The number of benzene rings is 3. The number of hydrogen-bond acceptors (Lipinski definition) is 4. The molecular weight excluding hydrogens is 519 g/mol. The summed E-state index contributed by atoms with van der Waals surface area (Å²) >= 11 is 0. The number of rotatable bonds is 8. The Morgan fingerprint density at radius 1 is 1.10 bits per heavy atom. The topological polar surface area (TPSA) is 93.4 Å². The Balaban J connectivity index is 1.53. The van der Waals surface area contributed by atoms with Crippen molar-refractivity contribution in [3.8, 4) is 17.2 Å². The lowest BCUT2D eigenvalue weighted by Gasteiger charge is -2.30. The lowest BCUT2D eigenvalue weighted by Crippen LogP contribution is -2.42. The van der Waals surface area contributed by atoms with E-state index in [-0.39, 0.29) is 18.9 Å². The van der Waals surface area contributed by atoms with Crippen LogP contribution in [-0.4, -0.2) is 41.1 Å². The van der Waals surface area contributed by atoms with Crippen LogP contribution >= 0.6 is 0 Å². The highest BCUT2D eigenvalue weighted by atomic mass is 19.4. The zero-order valence-electron chi connectivity index (χ0n) is 22.0. The number of halogens is 3. The Morgan fingerprint density at radius 3 is 2.48 bits per heavy atom. The van der Waals surface area contributed by atoms with Crippen LogP contribution in [0.25, 0.3) is 11.1 Å². The fraction of sp³-hybridized carbons (Fsp3) is 0.323. The Bertz CT molecular complexity index is 1410. The summed E-state index contributed by atoms with van der Waals surface area (Å²) in [5, 5.41) is 21.7. The molecule has 1 heterocycles. The minimum absolute atomic E-state index is 0.157. The molecule has 4 rings (SSSR count). The lowest BCUT2D eigenvalue weighted by molar-refractivity contribution is -0.143. The lowest BCUT2D eigenvalue weighted by atomic mass is 9.93. The van der Waals surface area contributed by atoms with Gasteiger partial charge in [0.05, 0.1) is 23.6 Å². The maximum absolute atomic E-state index is 13.2. The van der Waals surface area contributed by atoms with Crippen molar-refractivity contribution in [2.75, 3.05) is 18.4 Å². The number of carbonyl (C=O) groups is 2. The predicted octanol–water partition coefficient (Wildman–Crippen LogP) is 6.97. The number of aliphatic carboxylic acids is 1. The van der Waals surface area contributed by atoms with E-state index in [9.17, 15) is 33.1 Å². The fourth-order valence-electron chi connectivity index (χ4n) is 5.08. The molecule has 3 aromatic rings. The van der Waals surface area contributed by atoms with Gasteiger partial charge in [-0.3, -0.25) is 9.59 Å². The first-order valence-electron chi connectivity index (χ1n) is 13.1. The van der Waals surface area contributed by atoms with E-state index in [1.54, 1.807) is 42.5 Å². The number of piperidine rings is 1. The van der Waals surface area contributed by atoms with E-state index in [4.69, 9.17) is 0 Å². The first-order valence-corrected chi connectivity index (χ1v) is 13.1. The molecule has 2 N–H and O–H groups in total. The van der Waals surface area contributed by atoms with Crippen LogP contribution in [0.4, 0.5) is 18.9 Å². The molecule has 0 aromatic heterocycles. The van der Waals surface area contributed by atoms with E-state index in [0.717, 1.165) is 22.3 Å². The van der Waals surface area contributed by atoms with Crippen LogP contribution in [0.15, 0.2) is 66.7 Å². The summed E-state index contributed by atoms with van der Waals surface area (Å²) in [4.78, 5) is 25.8. The third-order valence-electron chi connectivity index (χ3n) is 7.22. The molecule has 2 atom stereocenters. The van der Waals surface area contributed by atoms with Gasteiger partial charge in [-0.15, -0.1) is 0 Å². The van der Waals surface area contributed by atoms with Gasteiger partial charge in [0.15, 0.2) is 0 Å². The van der Waals surface area contributed by atoms with E-state index < -0.39 is 30.5 Å². The maximum atomic E-state index is 13.2. The Labute approximate surface area is 231 Å². The summed E-state index contributed by atoms with van der Waals surface area (Å²) in [6.45, 7) is 2.49. The van der Waals surface area contributed by atoms with Crippen LogP contribution in [0.1, 0.15) is 58.8 Å². The van der Waals surface area contributed by atoms with Gasteiger partial charge >= 0.3 is 12.1 Å². The molecule has 1 aliphatic rings. The number of anilines is 1. The van der Waals surface area contributed by atoms with E-state index >= 15 is 0 Å². The summed E-state index contributed by atoms with van der Waals surface area (Å²) in [5.74, 6) is -1.77.